The van der Waals surface area contributed by atoms with E-state index in [2.05, 4.69) is 5.32 Å². The maximum absolute atomic E-state index is 12.8. The van der Waals surface area contributed by atoms with Crippen LogP contribution in [0.2, 0.25) is 10.0 Å². The molecule has 0 aromatic heterocycles. The fourth-order valence-corrected chi connectivity index (χ4v) is 2.80. The maximum Gasteiger partial charge on any atom is 0.261 e. The van der Waals surface area contributed by atoms with E-state index in [4.69, 9.17) is 27.9 Å². The molecule has 5 nitrogen and oxygen atoms in total. The Labute approximate surface area is 169 Å². The summed E-state index contributed by atoms with van der Waals surface area (Å²) in [5, 5.41) is 3.57. The third-order valence-electron chi connectivity index (χ3n) is 3.96. The summed E-state index contributed by atoms with van der Waals surface area (Å²) in [4.78, 5) is 26.5. The van der Waals surface area contributed by atoms with Gasteiger partial charge in [-0.2, -0.15) is 0 Å². The van der Waals surface area contributed by atoms with Crippen LogP contribution in [0.15, 0.2) is 48.5 Å². The molecule has 144 valence electrons. The Morgan fingerprint density at radius 1 is 1.11 bits per heavy atom. The summed E-state index contributed by atoms with van der Waals surface area (Å²) in [7, 11) is 0. The zero-order valence-corrected chi connectivity index (χ0v) is 16.8. The van der Waals surface area contributed by atoms with Gasteiger partial charge in [0.25, 0.3) is 5.91 Å². The number of carbonyl (C=O) groups excluding carboxylic acids is 2. The van der Waals surface area contributed by atoms with Crippen LogP contribution in [0.4, 0.5) is 0 Å². The predicted octanol–water partition coefficient (Wildman–Crippen LogP) is 3.93. The lowest BCUT2D eigenvalue weighted by Gasteiger charge is -2.28. The van der Waals surface area contributed by atoms with Crippen molar-refractivity contribution in [3.63, 3.8) is 0 Å². The van der Waals surface area contributed by atoms with E-state index in [-0.39, 0.29) is 25.0 Å². The summed E-state index contributed by atoms with van der Waals surface area (Å²) in [6.07, 6.45) is 0. The molecule has 0 aliphatic heterocycles. The normalized spacial score (nSPS) is 11.6. The number of halogens is 2. The average molecular weight is 409 g/mol. The Hall–Kier alpha value is -2.24. The molecule has 1 N–H and O–H groups in total. The van der Waals surface area contributed by atoms with Gasteiger partial charge >= 0.3 is 0 Å². The number of amides is 2. The highest BCUT2D eigenvalue weighted by atomic mass is 35.5. The molecule has 2 aromatic rings. The molecule has 2 amide bonds. The molecule has 0 heterocycles. The van der Waals surface area contributed by atoms with Crippen molar-refractivity contribution in [2.45, 2.75) is 26.4 Å². The third-order valence-corrected chi connectivity index (χ3v) is 4.70. The summed E-state index contributed by atoms with van der Waals surface area (Å²) >= 11 is 12.0. The minimum atomic E-state index is -0.661. The molecule has 0 aliphatic rings. The minimum Gasteiger partial charge on any atom is -0.484 e. The highest BCUT2D eigenvalue weighted by molar-refractivity contribution is 6.42. The van der Waals surface area contributed by atoms with Gasteiger partial charge in [0.15, 0.2) is 6.61 Å². The van der Waals surface area contributed by atoms with E-state index in [0.29, 0.717) is 22.3 Å². The first-order valence-electron chi connectivity index (χ1n) is 8.61. The van der Waals surface area contributed by atoms with Crippen molar-refractivity contribution in [2.75, 3.05) is 13.2 Å². The fraction of sp³-hybridized carbons (Fsp3) is 0.300. The highest BCUT2D eigenvalue weighted by Gasteiger charge is 2.26. The number of rotatable bonds is 8. The highest BCUT2D eigenvalue weighted by Crippen LogP contribution is 2.24. The number of carbonyl (C=O) groups is 2. The number of hydrogen-bond donors (Lipinski definition) is 1. The lowest BCUT2D eigenvalue weighted by Crippen LogP contribution is -2.49. The quantitative estimate of drug-likeness (QED) is 0.719. The van der Waals surface area contributed by atoms with Crippen LogP contribution in [0.25, 0.3) is 0 Å². The molecule has 0 spiro atoms. The van der Waals surface area contributed by atoms with E-state index in [1.807, 2.05) is 25.1 Å². The second kappa shape index (κ2) is 10.2. The molecular formula is C20H22Cl2N2O3. The van der Waals surface area contributed by atoms with Crippen LogP contribution in [0.3, 0.4) is 0 Å². The molecule has 1 atom stereocenters. The zero-order valence-electron chi connectivity index (χ0n) is 15.2. The Morgan fingerprint density at radius 3 is 2.44 bits per heavy atom. The number of nitrogens with one attached hydrogen (secondary N) is 1. The SMILES string of the molecule is CCNC(=O)[C@@H](C)N(Cc1ccc(Cl)c(Cl)c1)C(=O)COc1ccccc1. The molecular weight excluding hydrogens is 387 g/mol. The van der Waals surface area contributed by atoms with E-state index in [1.165, 1.54) is 4.90 Å². The van der Waals surface area contributed by atoms with Crippen LogP contribution < -0.4 is 10.1 Å². The molecule has 0 fully saturated rings. The van der Waals surface area contributed by atoms with Gasteiger partial charge in [-0.3, -0.25) is 9.59 Å². The Kier molecular flexibility index (Phi) is 7.95. The van der Waals surface area contributed by atoms with E-state index in [9.17, 15) is 9.59 Å². The van der Waals surface area contributed by atoms with Crippen LogP contribution >= 0.6 is 23.2 Å². The molecule has 2 rings (SSSR count). The number of benzene rings is 2. The van der Waals surface area contributed by atoms with Gasteiger partial charge in [0, 0.05) is 13.1 Å². The molecule has 0 bridgehead atoms. The lowest BCUT2D eigenvalue weighted by molar-refractivity contribution is -0.142. The standard InChI is InChI=1S/C20H22Cl2N2O3/c1-3-23-20(26)14(2)24(12-15-9-10-17(21)18(22)11-15)19(25)13-27-16-7-5-4-6-8-16/h4-11,14H,3,12-13H2,1-2H3,(H,23,26)/t14-/m1/s1. The minimum absolute atomic E-state index is 0.172. The second-order valence-corrected chi connectivity index (χ2v) is 6.76. The monoisotopic (exact) mass is 408 g/mol. The van der Waals surface area contributed by atoms with E-state index < -0.39 is 6.04 Å². The zero-order chi connectivity index (χ0) is 19.8. The molecule has 0 unspecified atom stereocenters. The van der Waals surface area contributed by atoms with Gasteiger partial charge in [0.05, 0.1) is 10.0 Å². The Balaban J connectivity index is 2.15. The first-order chi connectivity index (χ1) is 12.9. The van der Waals surface area contributed by atoms with Crippen molar-refractivity contribution >= 4 is 35.0 Å². The second-order valence-electron chi connectivity index (χ2n) is 5.94. The van der Waals surface area contributed by atoms with Gasteiger partial charge in [-0.15, -0.1) is 0 Å². The summed E-state index contributed by atoms with van der Waals surface area (Å²) < 4.78 is 5.55. The maximum atomic E-state index is 12.8. The average Bonchev–Trinajstić information content (AvgIpc) is 2.67. The predicted molar refractivity (Wildman–Crippen MR) is 107 cm³/mol. The van der Waals surface area contributed by atoms with Gasteiger partial charge < -0.3 is 15.0 Å². The van der Waals surface area contributed by atoms with Crippen LogP contribution in [0.1, 0.15) is 19.4 Å². The summed E-state index contributed by atoms with van der Waals surface area (Å²) in [6, 6.07) is 13.5. The molecule has 27 heavy (non-hydrogen) atoms. The molecule has 2 aromatic carbocycles. The fourth-order valence-electron chi connectivity index (χ4n) is 2.48. The lowest BCUT2D eigenvalue weighted by atomic mass is 10.1. The Morgan fingerprint density at radius 2 is 1.81 bits per heavy atom. The largest absolute Gasteiger partial charge is 0.484 e. The van der Waals surface area contributed by atoms with Gasteiger partial charge in [-0.25, -0.2) is 0 Å². The first kappa shape index (κ1) is 21.1. The van der Waals surface area contributed by atoms with E-state index in [1.54, 1.807) is 37.3 Å². The summed E-state index contributed by atoms with van der Waals surface area (Å²) in [5.74, 6) is 0.0558. The molecule has 7 heteroatoms. The Bertz CT molecular complexity index is 784. The van der Waals surface area contributed by atoms with Crippen molar-refractivity contribution in [3.8, 4) is 5.75 Å². The van der Waals surface area contributed by atoms with Gasteiger partial charge in [0.1, 0.15) is 11.8 Å². The molecule has 0 radical (unpaired) electrons. The van der Waals surface area contributed by atoms with Gasteiger partial charge in [-0.1, -0.05) is 47.5 Å². The first-order valence-corrected chi connectivity index (χ1v) is 9.37. The van der Waals surface area contributed by atoms with E-state index >= 15 is 0 Å². The molecule has 0 aliphatic carbocycles. The van der Waals surface area contributed by atoms with Crippen molar-refractivity contribution < 1.29 is 14.3 Å². The van der Waals surface area contributed by atoms with Crippen LogP contribution in [0, 0.1) is 0 Å². The van der Waals surface area contributed by atoms with Crippen molar-refractivity contribution in [3.05, 3.63) is 64.1 Å². The number of nitrogens with zero attached hydrogens (tertiary/aromatic N) is 1. The number of hydrogen-bond acceptors (Lipinski definition) is 3. The number of likely N-dealkylation sites (N-methyl/N-ethyl adjacent to an activating group) is 1. The van der Waals surface area contributed by atoms with Crippen molar-refractivity contribution in [1.29, 1.82) is 0 Å². The van der Waals surface area contributed by atoms with E-state index in [0.717, 1.165) is 5.56 Å². The van der Waals surface area contributed by atoms with Crippen LogP contribution in [-0.4, -0.2) is 35.9 Å². The number of ether oxygens (including phenoxy) is 1. The smallest absolute Gasteiger partial charge is 0.261 e. The number of para-hydroxylation sites is 1. The molecule has 0 saturated carbocycles. The summed E-state index contributed by atoms with van der Waals surface area (Å²) in [5.41, 5.74) is 0.772. The third kappa shape index (κ3) is 6.15. The van der Waals surface area contributed by atoms with Crippen molar-refractivity contribution in [1.82, 2.24) is 10.2 Å². The van der Waals surface area contributed by atoms with Gasteiger partial charge in [-0.05, 0) is 43.7 Å². The topological polar surface area (TPSA) is 58.6 Å². The summed E-state index contributed by atoms with van der Waals surface area (Å²) in [6.45, 7) is 4.04. The van der Waals surface area contributed by atoms with Gasteiger partial charge in [0.2, 0.25) is 5.91 Å². The van der Waals surface area contributed by atoms with Crippen LogP contribution in [0.5, 0.6) is 5.75 Å². The van der Waals surface area contributed by atoms with Crippen LogP contribution in [-0.2, 0) is 16.1 Å². The molecule has 0 saturated heterocycles. The van der Waals surface area contributed by atoms with Crippen molar-refractivity contribution in [2.24, 2.45) is 0 Å².